The summed E-state index contributed by atoms with van der Waals surface area (Å²) in [5.41, 5.74) is 1.00. The summed E-state index contributed by atoms with van der Waals surface area (Å²) >= 11 is 0. The topological polar surface area (TPSA) is 78.5 Å². The van der Waals surface area contributed by atoms with Crippen LogP contribution in [0.4, 0.5) is 4.79 Å². The molecule has 1 N–H and O–H groups in total. The number of H-pyrrole nitrogens is 1. The number of hydrogen-bond donors (Lipinski definition) is 1. The van der Waals surface area contributed by atoms with Crippen molar-refractivity contribution in [1.29, 1.82) is 0 Å². The van der Waals surface area contributed by atoms with Crippen molar-refractivity contribution in [3.8, 4) is 0 Å². The molecule has 2 aliphatic rings. The van der Waals surface area contributed by atoms with Gasteiger partial charge in [0, 0.05) is 56.3 Å². The van der Waals surface area contributed by atoms with Gasteiger partial charge in [0.05, 0.1) is 12.9 Å². The molecule has 150 valence electrons. The van der Waals surface area contributed by atoms with Crippen LogP contribution < -0.4 is 0 Å². The molecule has 1 aromatic rings. The molecule has 0 bridgehead atoms. The summed E-state index contributed by atoms with van der Waals surface area (Å²) in [5.74, 6) is 0.215. The van der Waals surface area contributed by atoms with Crippen molar-refractivity contribution in [2.24, 2.45) is 10.8 Å². The molecule has 0 unspecified atom stereocenters. The average molecular weight is 377 g/mol. The number of carbonyl (C=O) groups excluding carboxylic acids is 2. The van der Waals surface area contributed by atoms with E-state index >= 15 is 0 Å². The number of nitrogens with zero attached hydrogens (tertiary/aromatic N) is 3. The van der Waals surface area contributed by atoms with Crippen LogP contribution in [0.2, 0.25) is 0 Å². The highest BCUT2D eigenvalue weighted by molar-refractivity contribution is 5.77. The van der Waals surface area contributed by atoms with Gasteiger partial charge in [-0.15, -0.1) is 0 Å². The SMILES string of the molecule is CC(C)(C)COC(=O)N1CCC[C@@]2(CCC(=O)N(CCc3cnc[nH]3)C2)C1. The molecule has 27 heavy (non-hydrogen) atoms. The van der Waals surface area contributed by atoms with Gasteiger partial charge in [0.15, 0.2) is 0 Å². The van der Waals surface area contributed by atoms with Gasteiger partial charge in [0.1, 0.15) is 0 Å². The minimum Gasteiger partial charge on any atom is -0.449 e. The van der Waals surface area contributed by atoms with E-state index in [0.717, 1.165) is 44.5 Å². The van der Waals surface area contributed by atoms with Crippen molar-refractivity contribution < 1.29 is 14.3 Å². The van der Waals surface area contributed by atoms with Gasteiger partial charge in [-0.3, -0.25) is 4.79 Å². The van der Waals surface area contributed by atoms with Crippen LogP contribution in [-0.4, -0.2) is 64.6 Å². The summed E-state index contributed by atoms with van der Waals surface area (Å²) < 4.78 is 5.52. The lowest BCUT2D eigenvalue weighted by Gasteiger charge is -2.48. The smallest absolute Gasteiger partial charge is 0.409 e. The molecular weight excluding hydrogens is 344 g/mol. The summed E-state index contributed by atoms with van der Waals surface area (Å²) in [4.78, 5) is 35.9. The molecule has 2 fully saturated rings. The van der Waals surface area contributed by atoms with Crippen LogP contribution in [0.3, 0.4) is 0 Å². The van der Waals surface area contributed by atoms with E-state index in [1.165, 1.54) is 0 Å². The zero-order valence-corrected chi connectivity index (χ0v) is 16.8. The van der Waals surface area contributed by atoms with Gasteiger partial charge in [-0.1, -0.05) is 20.8 Å². The highest BCUT2D eigenvalue weighted by Gasteiger charge is 2.43. The number of piperidine rings is 2. The van der Waals surface area contributed by atoms with Crippen LogP contribution in [0.1, 0.15) is 52.1 Å². The average Bonchev–Trinajstić information content (AvgIpc) is 3.14. The van der Waals surface area contributed by atoms with Gasteiger partial charge in [-0.2, -0.15) is 0 Å². The number of likely N-dealkylation sites (tertiary alicyclic amines) is 2. The van der Waals surface area contributed by atoms with Gasteiger partial charge in [0.2, 0.25) is 5.91 Å². The van der Waals surface area contributed by atoms with Crippen molar-refractivity contribution in [1.82, 2.24) is 19.8 Å². The van der Waals surface area contributed by atoms with Gasteiger partial charge >= 0.3 is 6.09 Å². The Kier molecular flexibility index (Phi) is 5.77. The summed E-state index contributed by atoms with van der Waals surface area (Å²) in [5, 5.41) is 0. The van der Waals surface area contributed by atoms with Crippen LogP contribution in [0.5, 0.6) is 0 Å². The van der Waals surface area contributed by atoms with Crippen LogP contribution in [0.15, 0.2) is 12.5 Å². The van der Waals surface area contributed by atoms with Crippen LogP contribution in [-0.2, 0) is 16.0 Å². The fourth-order valence-electron chi connectivity index (χ4n) is 4.05. The molecule has 2 saturated heterocycles. The number of hydrogen-bond acceptors (Lipinski definition) is 4. The van der Waals surface area contributed by atoms with E-state index in [1.807, 2.05) is 9.80 Å². The first kappa shape index (κ1) is 19.7. The van der Waals surface area contributed by atoms with Crippen LogP contribution in [0, 0.1) is 10.8 Å². The lowest BCUT2D eigenvalue weighted by Crippen LogP contribution is -2.55. The molecule has 7 heteroatoms. The summed E-state index contributed by atoms with van der Waals surface area (Å²) in [6.07, 6.45) is 7.47. The Balaban J connectivity index is 1.58. The first-order valence-electron chi connectivity index (χ1n) is 9.93. The number of ether oxygens (including phenoxy) is 1. The molecule has 1 aromatic heterocycles. The Morgan fingerprint density at radius 1 is 1.33 bits per heavy atom. The van der Waals surface area contributed by atoms with Crippen molar-refractivity contribution in [2.45, 2.75) is 52.9 Å². The molecular formula is C20H32N4O3. The molecule has 1 spiro atoms. The number of aromatic nitrogens is 2. The highest BCUT2D eigenvalue weighted by atomic mass is 16.6. The third-order valence-electron chi connectivity index (χ3n) is 5.50. The Hall–Kier alpha value is -2.05. The fourth-order valence-corrected chi connectivity index (χ4v) is 4.05. The van der Waals surface area contributed by atoms with Gasteiger partial charge in [0.25, 0.3) is 0 Å². The first-order valence-corrected chi connectivity index (χ1v) is 9.93. The van der Waals surface area contributed by atoms with Crippen LogP contribution >= 0.6 is 0 Å². The molecule has 3 rings (SSSR count). The maximum Gasteiger partial charge on any atom is 0.409 e. The summed E-state index contributed by atoms with van der Waals surface area (Å²) in [6, 6.07) is 0. The largest absolute Gasteiger partial charge is 0.449 e. The van der Waals surface area contributed by atoms with E-state index in [2.05, 4.69) is 30.7 Å². The zero-order valence-electron chi connectivity index (χ0n) is 16.8. The fraction of sp³-hybridized carbons (Fsp3) is 0.750. The molecule has 2 aliphatic heterocycles. The number of carbonyl (C=O) groups is 2. The van der Waals surface area contributed by atoms with Crippen molar-refractivity contribution in [3.63, 3.8) is 0 Å². The maximum atomic E-state index is 12.5. The number of amides is 2. The molecule has 0 aromatic carbocycles. The summed E-state index contributed by atoms with van der Waals surface area (Å²) in [7, 11) is 0. The molecule has 0 radical (unpaired) electrons. The minimum atomic E-state index is -0.218. The number of aromatic amines is 1. The lowest BCUT2D eigenvalue weighted by atomic mass is 9.73. The predicted octanol–water partition coefficient (Wildman–Crippen LogP) is 2.84. The third-order valence-corrected chi connectivity index (χ3v) is 5.50. The van der Waals surface area contributed by atoms with Crippen LogP contribution in [0.25, 0.3) is 0 Å². The molecule has 0 saturated carbocycles. The van der Waals surface area contributed by atoms with E-state index in [-0.39, 0.29) is 22.8 Å². The molecule has 3 heterocycles. The Morgan fingerprint density at radius 2 is 2.15 bits per heavy atom. The normalized spacial score (nSPS) is 23.7. The second kappa shape index (κ2) is 7.90. The standard InChI is InChI=1S/C20H32N4O3/c1-19(2,3)14-27-18(26)24-9-4-7-20(13-24)8-5-17(25)23(12-20)10-6-16-11-21-15-22-16/h11,15H,4-10,12-14H2,1-3H3,(H,21,22)/t20-/m0/s1. The van der Waals surface area contributed by atoms with E-state index in [0.29, 0.717) is 26.1 Å². The van der Waals surface area contributed by atoms with Gasteiger partial charge in [-0.05, 0) is 24.7 Å². The number of nitrogens with one attached hydrogen (secondary N) is 1. The minimum absolute atomic E-state index is 0.000891. The Labute approximate surface area is 161 Å². The lowest BCUT2D eigenvalue weighted by molar-refractivity contribution is -0.139. The molecule has 1 atom stereocenters. The Bertz CT molecular complexity index is 653. The molecule has 2 amide bonds. The first-order chi connectivity index (χ1) is 12.8. The van der Waals surface area contributed by atoms with E-state index < -0.39 is 0 Å². The highest BCUT2D eigenvalue weighted by Crippen LogP contribution is 2.39. The second-order valence-electron chi connectivity index (χ2n) is 9.28. The number of imidazole rings is 1. The molecule has 0 aliphatic carbocycles. The number of rotatable bonds is 4. The van der Waals surface area contributed by atoms with Crippen molar-refractivity contribution in [3.05, 3.63) is 18.2 Å². The van der Waals surface area contributed by atoms with E-state index in [1.54, 1.807) is 12.5 Å². The molecule has 7 nitrogen and oxygen atoms in total. The second-order valence-corrected chi connectivity index (χ2v) is 9.28. The Morgan fingerprint density at radius 3 is 2.85 bits per heavy atom. The van der Waals surface area contributed by atoms with E-state index in [4.69, 9.17) is 4.74 Å². The zero-order chi connectivity index (χ0) is 19.5. The van der Waals surface area contributed by atoms with Crippen molar-refractivity contribution in [2.75, 3.05) is 32.8 Å². The monoisotopic (exact) mass is 376 g/mol. The summed E-state index contributed by atoms with van der Waals surface area (Å²) in [6.45, 7) is 9.44. The maximum absolute atomic E-state index is 12.5. The predicted molar refractivity (Wildman–Crippen MR) is 102 cm³/mol. The van der Waals surface area contributed by atoms with Gasteiger partial charge < -0.3 is 19.5 Å². The third kappa shape index (κ3) is 5.23. The van der Waals surface area contributed by atoms with Gasteiger partial charge in [-0.25, -0.2) is 9.78 Å². The van der Waals surface area contributed by atoms with Crippen molar-refractivity contribution >= 4 is 12.0 Å². The quantitative estimate of drug-likeness (QED) is 0.876. The van der Waals surface area contributed by atoms with E-state index in [9.17, 15) is 9.59 Å².